The number of nitrogens with two attached hydrogens (primary N) is 1. The summed E-state index contributed by atoms with van der Waals surface area (Å²) in [4.78, 5) is 11.9. The van der Waals surface area contributed by atoms with Crippen molar-refractivity contribution >= 4 is 39.9 Å². The molecule has 1 unspecified atom stereocenters. The maximum absolute atomic E-state index is 12.0. The number of amides is 1. The third-order valence-corrected chi connectivity index (χ3v) is 4.64. The molecule has 1 rings (SSSR count). The Kier molecular flexibility index (Phi) is 6.48. The first-order valence-electron chi connectivity index (χ1n) is 5.69. The molecule has 8 heteroatoms. The molecule has 0 bridgehead atoms. The quantitative estimate of drug-likeness (QED) is 0.876. The second-order valence-corrected chi connectivity index (χ2v) is 6.94. The van der Waals surface area contributed by atoms with Gasteiger partial charge in [0.1, 0.15) is 0 Å². The van der Waals surface area contributed by atoms with Gasteiger partial charge in [-0.3, -0.25) is 4.79 Å². The van der Waals surface area contributed by atoms with Crippen LogP contribution in [-0.4, -0.2) is 19.9 Å². The minimum Gasteiger partial charge on any atom is -0.317 e. The molecule has 0 aromatic heterocycles. The van der Waals surface area contributed by atoms with Crippen molar-refractivity contribution < 1.29 is 13.2 Å². The minimum atomic E-state index is -3.93. The van der Waals surface area contributed by atoms with Crippen LogP contribution in [0.1, 0.15) is 20.8 Å². The summed E-state index contributed by atoms with van der Waals surface area (Å²) in [6.45, 7) is 4.98. The Balaban J connectivity index is 0.00000361. The Bertz CT molecular complexity index is 569. The minimum absolute atomic E-state index is 0. The molecule has 0 saturated heterocycles. The molecule has 1 aromatic rings. The van der Waals surface area contributed by atoms with Crippen LogP contribution in [0, 0.1) is 5.92 Å². The fourth-order valence-corrected chi connectivity index (χ4v) is 2.37. The number of rotatable bonds is 4. The first kappa shape index (κ1) is 19.2. The van der Waals surface area contributed by atoms with Crippen LogP contribution >= 0.6 is 24.0 Å². The van der Waals surface area contributed by atoms with Gasteiger partial charge in [0.25, 0.3) is 15.9 Å². The van der Waals surface area contributed by atoms with E-state index in [-0.39, 0.29) is 23.2 Å². The predicted octanol–water partition coefficient (Wildman–Crippen LogP) is 1.94. The van der Waals surface area contributed by atoms with Crippen LogP contribution < -0.4 is 10.5 Å². The van der Waals surface area contributed by atoms with E-state index in [0.717, 1.165) is 0 Å². The predicted molar refractivity (Wildman–Crippen MR) is 81.5 cm³/mol. The molecular weight excluding hydrogens is 323 g/mol. The fraction of sp³-hybridized carbons (Fsp3) is 0.417. The molecule has 1 aromatic carbocycles. The van der Waals surface area contributed by atoms with Crippen molar-refractivity contribution in [3.8, 4) is 0 Å². The zero-order chi connectivity index (χ0) is 14.8. The van der Waals surface area contributed by atoms with Crippen molar-refractivity contribution in [3.63, 3.8) is 0 Å². The summed E-state index contributed by atoms with van der Waals surface area (Å²) in [7, 11) is -3.93. The maximum atomic E-state index is 12.0. The van der Waals surface area contributed by atoms with Gasteiger partial charge in [-0.25, -0.2) is 13.1 Å². The van der Waals surface area contributed by atoms with E-state index >= 15 is 0 Å². The highest BCUT2D eigenvalue weighted by molar-refractivity contribution is 7.90. The van der Waals surface area contributed by atoms with Crippen LogP contribution in [0.4, 0.5) is 0 Å². The third-order valence-electron chi connectivity index (χ3n) is 3.04. The molecule has 0 radical (unpaired) electrons. The average molecular weight is 341 g/mol. The lowest BCUT2D eigenvalue weighted by atomic mass is 9.89. The first-order valence-corrected chi connectivity index (χ1v) is 7.55. The van der Waals surface area contributed by atoms with E-state index in [1.165, 1.54) is 31.2 Å². The molecular formula is C12H18Cl2N2O3S. The Labute approximate surface area is 130 Å². The van der Waals surface area contributed by atoms with Crippen molar-refractivity contribution in [1.29, 1.82) is 0 Å². The van der Waals surface area contributed by atoms with Gasteiger partial charge >= 0.3 is 0 Å². The number of sulfonamides is 1. The smallest absolute Gasteiger partial charge is 0.264 e. The van der Waals surface area contributed by atoms with Crippen LogP contribution in [-0.2, 0) is 14.8 Å². The topological polar surface area (TPSA) is 89.3 Å². The molecule has 0 saturated carbocycles. The normalized spacial score (nSPS) is 14.3. The first-order chi connectivity index (χ1) is 8.57. The lowest BCUT2D eigenvalue weighted by molar-refractivity contribution is -0.125. The zero-order valence-corrected chi connectivity index (χ0v) is 13.8. The summed E-state index contributed by atoms with van der Waals surface area (Å²) in [5, 5.41) is 0.413. The molecule has 5 nitrogen and oxygen atoms in total. The van der Waals surface area contributed by atoms with E-state index in [1.807, 2.05) is 4.72 Å². The van der Waals surface area contributed by atoms with Crippen LogP contribution in [0.2, 0.25) is 5.02 Å². The van der Waals surface area contributed by atoms with Crippen molar-refractivity contribution in [2.24, 2.45) is 11.7 Å². The van der Waals surface area contributed by atoms with Crippen LogP contribution in [0.25, 0.3) is 0 Å². The van der Waals surface area contributed by atoms with E-state index in [1.54, 1.807) is 13.8 Å². The molecule has 0 spiro atoms. The summed E-state index contributed by atoms with van der Waals surface area (Å²) in [5.74, 6) is -0.939. The highest BCUT2D eigenvalue weighted by atomic mass is 35.5. The summed E-state index contributed by atoms with van der Waals surface area (Å²) in [6.07, 6.45) is 0. The summed E-state index contributed by atoms with van der Waals surface area (Å²) in [6, 6.07) is 5.51. The van der Waals surface area contributed by atoms with E-state index in [9.17, 15) is 13.2 Å². The number of hydrogen-bond donors (Lipinski definition) is 2. The Morgan fingerprint density at radius 3 is 2.15 bits per heavy atom. The van der Waals surface area contributed by atoms with Crippen molar-refractivity contribution in [1.82, 2.24) is 4.72 Å². The molecule has 114 valence electrons. The SMILES string of the molecule is CC(C)C(C)(N)C(=O)NS(=O)(=O)c1ccc(Cl)cc1.Cl. The fourth-order valence-electron chi connectivity index (χ4n) is 1.17. The van der Waals surface area contributed by atoms with Crippen molar-refractivity contribution in [3.05, 3.63) is 29.3 Å². The van der Waals surface area contributed by atoms with E-state index < -0.39 is 21.5 Å². The monoisotopic (exact) mass is 340 g/mol. The molecule has 0 fully saturated rings. The maximum Gasteiger partial charge on any atom is 0.264 e. The largest absolute Gasteiger partial charge is 0.317 e. The van der Waals surface area contributed by atoms with Crippen molar-refractivity contribution in [2.45, 2.75) is 31.2 Å². The molecule has 3 N–H and O–H groups in total. The van der Waals surface area contributed by atoms with Crippen LogP contribution in [0.15, 0.2) is 29.2 Å². The summed E-state index contributed by atoms with van der Waals surface area (Å²) in [5.41, 5.74) is 4.55. The molecule has 0 aliphatic rings. The molecule has 1 amide bonds. The molecule has 20 heavy (non-hydrogen) atoms. The highest BCUT2D eigenvalue weighted by Crippen LogP contribution is 2.17. The third kappa shape index (κ3) is 4.34. The lowest BCUT2D eigenvalue weighted by Crippen LogP contribution is -2.56. The summed E-state index contributed by atoms with van der Waals surface area (Å²) < 4.78 is 26.0. The highest BCUT2D eigenvalue weighted by Gasteiger charge is 2.34. The number of hydrogen-bond acceptors (Lipinski definition) is 4. The Morgan fingerprint density at radius 2 is 1.75 bits per heavy atom. The van der Waals surface area contributed by atoms with E-state index in [4.69, 9.17) is 17.3 Å². The van der Waals surface area contributed by atoms with Gasteiger partial charge in [0.05, 0.1) is 10.4 Å². The molecule has 1 atom stereocenters. The van der Waals surface area contributed by atoms with Crippen molar-refractivity contribution in [2.75, 3.05) is 0 Å². The second kappa shape index (κ2) is 6.76. The summed E-state index contributed by atoms with van der Waals surface area (Å²) >= 11 is 5.68. The number of carbonyl (C=O) groups excluding carboxylic acids is 1. The average Bonchev–Trinajstić information content (AvgIpc) is 2.28. The number of halogens is 2. The Hall–Kier alpha value is -0.820. The van der Waals surface area contributed by atoms with Gasteiger partial charge in [-0.05, 0) is 37.1 Å². The van der Waals surface area contributed by atoms with E-state index in [0.29, 0.717) is 5.02 Å². The van der Waals surface area contributed by atoms with Gasteiger partial charge in [-0.2, -0.15) is 0 Å². The van der Waals surface area contributed by atoms with E-state index in [2.05, 4.69) is 0 Å². The standard InChI is InChI=1S/C12H17ClN2O3S.ClH/c1-8(2)12(3,14)11(16)15-19(17,18)10-6-4-9(13)5-7-10;/h4-8H,14H2,1-3H3,(H,15,16);1H. The van der Waals surface area contributed by atoms with Gasteiger partial charge in [-0.15, -0.1) is 12.4 Å². The molecule has 0 aliphatic carbocycles. The number of carbonyl (C=O) groups is 1. The lowest BCUT2D eigenvalue weighted by Gasteiger charge is -2.27. The zero-order valence-electron chi connectivity index (χ0n) is 11.4. The Morgan fingerprint density at radius 1 is 1.30 bits per heavy atom. The van der Waals surface area contributed by atoms with Gasteiger partial charge in [0, 0.05) is 5.02 Å². The van der Waals surface area contributed by atoms with Gasteiger partial charge in [0.2, 0.25) is 0 Å². The van der Waals surface area contributed by atoms with Crippen LogP contribution in [0.3, 0.4) is 0 Å². The van der Waals surface area contributed by atoms with Gasteiger partial charge in [0.15, 0.2) is 0 Å². The second-order valence-electron chi connectivity index (χ2n) is 4.83. The number of benzene rings is 1. The van der Waals surface area contributed by atoms with Gasteiger partial charge in [-0.1, -0.05) is 25.4 Å². The number of nitrogens with one attached hydrogen (secondary N) is 1. The van der Waals surface area contributed by atoms with Crippen LogP contribution in [0.5, 0.6) is 0 Å². The molecule has 0 heterocycles. The molecule has 0 aliphatic heterocycles. The van der Waals surface area contributed by atoms with Gasteiger partial charge < -0.3 is 5.73 Å².